The van der Waals surface area contributed by atoms with Gasteiger partial charge in [0, 0.05) is 29.1 Å². The predicted molar refractivity (Wildman–Crippen MR) is 143 cm³/mol. The quantitative estimate of drug-likeness (QED) is 0.300. The minimum absolute atomic E-state index is 0.114. The molecule has 1 aliphatic rings. The lowest BCUT2D eigenvalue weighted by Crippen LogP contribution is -2.21. The number of rotatable bonds is 5. The van der Waals surface area contributed by atoms with Crippen LogP contribution in [-0.2, 0) is 0 Å². The number of aliphatic hydroxyl groups excluding tert-OH is 1. The van der Waals surface area contributed by atoms with Gasteiger partial charge < -0.3 is 15.6 Å². The maximum absolute atomic E-state index is 13.2. The second-order valence-electron chi connectivity index (χ2n) is 9.43. The number of nitrogens with zero attached hydrogens (tertiary/aromatic N) is 5. The molecule has 0 fully saturated rings. The highest BCUT2D eigenvalue weighted by Gasteiger charge is 2.40. The Hall–Kier alpha value is -4.77. The van der Waals surface area contributed by atoms with E-state index in [2.05, 4.69) is 15.0 Å². The van der Waals surface area contributed by atoms with Gasteiger partial charge in [0.2, 0.25) is 0 Å². The highest BCUT2D eigenvalue weighted by molar-refractivity contribution is 5.98. The van der Waals surface area contributed by atoms with E-state index in [1.54, 1.807) is 4.68 Å². The molecule has 2 aromatic carbocycles. The molecule has 8 nitrogen and oxygen atoms in total. The molecule has 0 spiro atoms. The molecule has 11 heteroatoms. The Bertz CT molecular complexity index is 1750. The molecule has 0 aliphatic carbocycles. The molecule has 5 aromatic rings. The number of hydrogen-bond acceptors (Lipinski definition) is 7. The minimum atomic E-state index is -4.85. The first-order chi connectivity index (χ1) is 19.2. The van der Waals surface area contributed by atoms with Crippen LogP contribution in [0.4, 0.5) is 19.0 Å². The number of halogens is 3. The molecule has 0 saturated heterocycles. The van der Waals surface area contributed by atoms with Crippen molar-refractivity contribution in [3.05, 3.63) is 102 Å². The number of para-hydroxylation sites is 1. The van der Waals surface area contributed by atoms with E-state index in [1.807, 2.05) is 61.5 Å². The molecule has 2 atom stereocenters. The van der Waals surface area contributed by atoms with E-state index in [-0.39, 0.29) is 23.7 Å². The van der Waals surface area contributed by atoms with Gasteiger partial charge in [0.1, 0.15) is 30.2 Å². The van der Waals surface area contributed by atoms with Gasteiger partial charge in [0.15, 0.2) is 11.8 Å². The molecule has 202 valence electrons. The molecule has 0 bridgehead atoms. The molecule has 3 N–H and O–H groups in total. The van der Waals surface area contributed by atoms with Crippen molar-refractivity contribution in [3.63, 3.8) is 0 Å². The Labute approximate surface area is 226 Å². The fourth-order valence-electron chi connectivity index (χ4n) is 5.02. The average molecular weight is 545 g/mol. The summed E-state index contributed by atoms with van der Waals surface area (Å²) in [6, 6.07) is 18.5. The summed E-state index contributed by atoms with van der Waals surface area (Å²) in [5.41, 5.74) is 10.6. The van der Waals surface area contributed by atoms with E-state index < -0.39 is 23.9 Å². The van der Waals surface area contributed by atoms with Crippen molar-refractivity contribution in [2.75, 3.05) is 12.3 Å². The summed E-state index contributed by atoms with van der Waals surface area (Å²) in [6.07, 6.45) is -3.90. The smallest absolute Gasteiger partial charge is 0.418 e. The van der Waals surface area contributed by atoms with Crippen molar-refractivity contribution in [3.8, 4) is 17.0 Å². The summed E-state index contributed by atoms with van der Waals surface area (Å²) < 4.78 is 47.5. The normalized spacial score (nSPS) is 15.0. The van der Waals surface area contributed by atoms with E-state index in [0.717, 1.165) is 34.2 Å². The highest BCUT2D eigenvalue weighted by Crippen LogP contribution is 2.42. The van der Waals surface area contributed by atoms with Gasteiger partial charge in [-0.25, -0.2) is 14.6 Å². The Balaban J connectivity index is 1.54. The van der Waals surface area contributed by atoms with Crippen LogP contribution in [0.1, 0.15) is 35.8 Å². The molecule has 0 amide bonds. The number of aromatic nitrogens is 5. The molecule has 40 heavy (non-hydrogen) atoms. The van der Waals surface area contributed by atoms with Gasteiger partial charge >= 0.3 is 6.18 Å². The van der Waals surface area contributed by atoms with Gasteiger partial charge in [-0.15, -0.1) is 0 Å². The predicted octanol–water partition coefficient (Wildman–Crippen LogP) is 5.52. The lowest BCUT2D eigenvalue weighted by molar-refractivity contribution is -0.206. The lowest BCUT2D eigenvalue weighted by atomic mass is 9.88. The standard InChI is InChI=1S/C29H23F3N6O2/c1-16(21-14-40-22-10-6-5-9-20(22)23(21)17-7-3-2-4-8-17)38-28-24(27(33)35-15-36-28)25(37-38)18-11-19(13-34-12-18)26(39)29(30,31)32/h2-13,15-16,26,39H,14H2,1H3,(H2,33,35,36). The Morgan fingerprint density at radius 2 is 1.75 bits per heavy atom. The number of nitrogen functional groups attached to an aromatic ring is 1. The van der Waals surface area contributed by atoms with Gasteiger partial charge in [-0.1, -0.05) is 48.5 Å². The van der Waals surface area contributed by atoms with Crippen LogP contribution in [0.2, 0.25) is 0 Å². The average Bonchev–Trinajstić information content (AvgIpc) is 3.37. The Morgan fingerprint density at radius 1 is 1.00 bits per heavy atom. The number of benzene rings is 2. The van der Waals surface area contributed by atoms with E-state index in [4.69, 9.17) is 15.6 Å². The number of fused-ring (bicyclic) bond motifs is 2. The second-order valence-corrected chi connectivity index (χ2v) is 9.43. The highest BCUT2D eigenvalue weighted by atomic mass is 19.4. The van der Waals surface area contributed by atoms with Crippen LogP contribution >= 0.6 is 0 Å². The SMILES string of the molecule is CC(C1=C(c2ccccc2)c2ccccc2OC1)n1nc(-c2cncc(C(O)C(F)(F)F)c2)c2c(N)ncnc21. The van der Waals surface area contributed by atoms with Gasteiger partial charge in [-0.05, 0) is 35.8 Å². The van der Waals surface area contributed by atoms with E-state index >= 15 is 0 Å². The van der Waals surface area contributed by atoms with Gasteiger partial charge in [0.05, 0.1) is 11.4 Å². The summed E-state index contributed by atoms with van der Waals surface area (Å²) in [5.74, 6) is 0.878. The van der Waals surface area contributed by atoms with E-state index in [0.29, 0.717) is 11.0 Å². The first kappa shape index (κ1) is 25.5. The first-order valence-corrected chi connectivity index (χ1v) is 12.4. The fourth-order valence-corrected chi connectivity index (χ4v) is 5.02. The summed E-state index contributed by atoms with van der Waals surface area (Å²) >= 11 is 0. The molecular formula is C29H23F3N6O2. The number of ether oxygens (including phenoxy) is 1. The fraction of sp³-hybridized carbons (Fsp3) is 0.172. The number of hydrogen-bond donors (Lipinski definition) is 2. The largest absolute Gasteiger partial charge is 0.488 e. The molecule has 1 aliphatic heterocycles. The van der Waals surface area contributed by atoms with Crippen molar-refractivity contribution in [1.29, 1.82) is 0 Å². The van der Waals surface area contributed by atoms with Gasteiger partial charge in [-0.3, -0.25) is 4.98 Å². The maximum Gasteiger partial charge on any atom is 0.418 e. The lowest BCUT2D eigenvalue weighted by Gasteiger charge is -2.28. The summed E-state index contributed by atoms with van der Waals surface area (Å²) in [5, 5.41) is 15.0. The van der Waals surface area contributed by atoms with Crippen LogP contribution in [0.15, 0.2) is 85.0 Å². The third-order valence-electron chi connectivity index (χ3n) is 6.97. The Morgan fingerprint density at radius 3 is 2.52 bits per heavy atom. The molecule has 0 radical (unpaired) electrons. The van der Waals surface area contributed by atoms with Crippen LogP contribution in [-0.4, -0.2) is 42.6 Å². The zero-order valence-electron chi connectivity index (χ0n) is 21.2. The zero-order valence-corrected chi connectivity index (χ0v) is 21.2. The topological polar surface area (TPSA) is 112 Å². The van der Waals surface area contributed by atoms with Gasteiger partial charge in [-0.2, -0.15) is 18.3 Å². The molecular weight excluding hydrogens is 521 g/mol. The van der Waals surface area contributed by atoms with Crippen LogP contribution in [0.25, 0.3) is 27.9 Å². The summed E-state index contributed by atoms with van der Waals surface area (Å²) in [6.45, 7) is 2.24. The number of aliphatic hydroxyl groups is 1. The summed E-state index contributed by atoms with van der Waals surface area (Å²) in [4.78, 5) is 12.5. The van der Waals surface area contributed by atoms with Crippen molar-refractivity contribution in [1.82, 2.24) is 24.7 Å². The third kappa shape index (κ3) is 4.34. The van der Waals surface area contributed by atoms with Crippen molar-refractivity contribution < 1.29 is 23.0 Å². The van der Waals surface area contributed by atoms with Crippen molar-refractivity contribution in [2.24, 2.45) is 0 Å². The van der Waals surface area contributed by atoms with Crippen LogP contribution in [0.3, 0.4) is 0 Å². The zero-order chi connectivity index (χ0) is 28.0. The maximum atomic E-state index is 13.2. The molecule has 4 heterocycles. The van der Waals surface area contributed by atoms with Crippen molar-refractivity contribution in [2.45, 2.75) is 25.2 Å². The number of alkyl halides is 3. The van der Waals surface area contributed by atoms with E-state index in [1.165, 1.54) is 18.6 Å². The molecule has 2 unspecified atom stereocenters. The second kappa shape index (κ2) is 9.76. The number of pyridine rings is 1. The monoisotopic (exact) mass is 544 g/mol. The first-order valence-electron chi connectivity index (χ1n) is 12.4. The minimum Gasteiger partial charge on any atom is -0.488 e. The summed E-state index contributed by atoms with van der Waals surface area (Å²) in [7, 11) is 0. The van der Waals surface area contributed by atoms with Crippen LogP contribution in [0, 0.1) is 0 Å². The van der Waals surface area contributed by atoms with Crippen LogP contribution < -0.4 is 10.5 Å². The Kier molecular flexibility index (Phi) is 6.22. The number of nitrogens with two attached hydrogens (primary N) is 1. The molecule has 6 rings (SSSR count). The van der Waals surface area contributed by atoms with E-state index in [9.17, 15) is 18.3 Å². The third-order valence-corrected chi connectivity index (χ3v) is 6.97. The van der Waals surface area contributed by atoms with Crippen molar-refractivity contribution >= 4 is 22.4 Å². The molecule has 0 saturated carbocycles. The van der Waals surface area contributed by atoms with Gasteiger partial charge in [0.25, 0.3) is 0 Å². The van der Waals surface area contributed by atoms with Crippen LogP contribution in [0.5, 0.6) is 5.75 Å². The molecule has 3 aromatic heterocycles. The number of anilines is 1.